The number of imidazole rings is 1. The molecule has 2 aromatic carbocycles. The van der Waals surface area contributed by atoms with Gasteiger partial charge in [0.2, 0.25) is 41.4 Å². The van der Waals surface area contributed by atoms with Gasteiger partial charge in [0.1, 0.15) is 24.1 Å². The zero-order valence-corrected chi connectivity index (χ0v) is 70.8. The number of nitrogens with one attached hydrogen (secondary N) is 2. The van der Waals surface area contributed by atoms with Gasteiger partial charge in [0.25, 0.3) is 13.7 Å². The van der Waals surface area contributed by atoms with Crippen molar-refractivity contribution in [3.8, 4) is 5.75 Å². The van der Waals surface area contributed by atoms with E-state index in [0.29, 0.717) is 69.4 Å². The zero-order chi connectivity index (χ0) is 83.5. The number of aliphatic hydroxyl groups excluding tert-OH is 2. The van der Waals surface area contributed by atoms with Crippen molar-refractivity contribution in [3.63, 3.8) is 0 Å². The first kappa shape index (κ1) is 96.5. The number of carboxylic acids is 1. The number of hydrogen-bond acceptors (Lipinski definition) is 23. The number of primary amides is 6. The number of phosphoric ester groups is 1. The van der Waals surface area contributed by atoms with Crippen LogP contribution in [0.25, 0.3) is 16.4 Å². The molecule has 8 bridgehead atoms. The molecule has 15 atom stereocenters. The van der Waals surface area contributed by atoms with Crippen LogP contribution >= 0.6 is 7.82 Å². The summed E-state index contributed by atoms with van der Waals surface area (Å²) >= 11 is 0. The predicted molar refractivity (Wildman–Crippen MR) is 410 cm³/mol. The fourth-order valence-electron chi connectivity index (χ4n) is 17.2. The number of carbonyl (C=O) groups is 9. The van der Waals surface area contributed by atoms with Crippen LogP contribution in [-0.4, -0.2) is 151 Å². The minimum Gasteiger partial charge on any atom is -0.756 e. The number of aliphatic imine (C=N–C) groups is 3. The number of unbranched alkanes of at least 4 members (excludes halogenated alkanes) is 4. The van der Waals surface area contributed by atoms with Gasteiger partial charge >= 0.3 is 46.3 Å². The Hall–Kier alpha value is -8.04. The van der Waals surface area contributed by atoms with E-state index < -0.39 is 149 Å². The number of aliphatic hydroxyl groups is 2. The molecule has 2 saturated heterocycles. The number of allylic oxidation sites excluding steroid dienone is 6. The zero-order valence-electron chi connectivity index (χ0n) is 66.9. The number of fused-ring (bicyclic) bond motifs is 7. The predicted octanol–water partition coefficient (Wildman–Crippen LogP) is 1.63. The Morgan fingerprint density at radius 3 is 1.93 bits per heavy atom. The number of phenols is 1. The summed E-state index contributed by atoms with van der Waals surface area (Å²) in [5.41, 5.74) is 36.9. The van der Waals surface area contributed by atoms with Gasteiger partial charge in [0, 0.05) is 121 Å². The number of hydrogen-bond donors (Lipinski definition) is 11. The molecule has 33 nitrogen and oxygen atoms in total. The largest absolute Gasteiger partial charge is 3.00 e. The van der Waals surface area contributed by atoms with Crippen LogP contribution in [0.4, 0.5) is 0 Å². The van der Waals surface area contributed by atoms with Gasteiger partial charge in [-0.3, -0.25) is 57.9 Å². The van der Waals surface area contributed by atoms with E-state index in [4.69, 9.17) is 80.3 Å². The Labute approximate surface area is 696 Å². The second kappa shape index (κ2) is 40.2. The Kier molecular flexibility index (Phi) is 34.1. The van der Waals surface area contributed by atoms with Crippen molar-refractivity contribution in [2.45, 2.75) is 228 Å². The average molecular weight is 1660 g/mol. The maximum atomic E-state index is 14.4. The minimum absolute atomic E-state index is 0. The molecule has 618 valence electrons. The first-order valence-corrected chi connectivity index (χ1v) is 39.0. The van der Waals surface area contributed by atoms with Crippen molar-refractivity contribution < 1.29 is 133 Å². The first-order valence-electron chi connectivity index (χ1n) is 37.6. The summed E-state index contributed by atoms with van der Waals surface area (Å²) in [5.74, 6) is -8.70. The maximum Gasteiger partial charge on any atom is 3.00 e. The van der Waals surface area contributed by atoms with Crippen LogP contribution < -0.4 is 84.6 Å². The molecule has 17 N–H and O–H groups in total. The topological polar surface area (TPSA) is 578 Å². The fraction of sp³-hybridized carbons (Fsp3) is 0.590. The summed E-state index contributed by atoms with van der Waals surface area (Å²) in [7, 11) is -5.32. The van der Waals surface area contributed by atoms with Gasteiger partial charge in [-0.2, -0.15) is 5.70 Å². The number of aryl methyl sites for hydroxylation is 2. The summed E-state index contributed by atoms with van der Waals surface area (Å²) in [5, 5.41) is 58.8. The van der Waals surface area contributed by atoms with Crippen LogP contribution in [0.1, 0.15) is 199 Å². The Morgan fingerprint density at radius 2 is 1.34 bits per heavy atom. The number of nitrogens with two attached hydrogens (primary N) is 6. The van der Waals surface area contributed by atoms with Crippen molar-refractivity contribution in [2.24, 2.45) is 94.7 Å². The van der Waals surface area contributed by atoms with Crippen LogP contribution in [0.15, 0.2) is 92.0 Å². The van der Waals surface area contributed by atoms with E-state index in [1.54, 1.807) is 25.1 Å². The number of phosphoric acid groups is 1. The van der Waals surface area contributed by atoms with Gasteiger partial charge in [-0.1, -0.05) is 72.1 Å². The standard InChI is InChI=1S/C62H90N13O14P.C15H21NO4.CN.Co.Na/c1-29-20-39-40(21-30(29)2)75(28-70-39)57-52(84)53(41(27-76)87-57)89-90(85,86)88-31(3)26-69-49(83)18-19-59(8)37(22-46(66)80)56-62(11)61(10,25-48(68)82)36(14-17-45(65)79)51(74-62)33(5)55-60(9,24-47(67)81)34(12-15-43(63)77)38(71-55)23-42-58(6,7)35(13-16-44(64)78)50(72-42)32(4)54(59)73-56;17-13-9-6-5-8-12(13)15(20)16-11-7-3-1-2-4-10-14(18)19;1-2;;/h20-21,23,28,31,34-37,41,52-53,56-57,76,84H,12-19,22,24-27H2,1-11H3,(H15,63,64,65,66,67,68,69,71,72,73,74,77,78,79,80,81,82,83,85,86);5-6,8-9,17H,1-4,7,10-11H2,(H,16,20)(H,18,19);;;/q;;-1;+3;+1/p-3/t31-,34+,35+,36+,37-,41+,52+,53+,56+,57-,59+,60-,61-,62-;;;;/m0..../s1. The van der Waals surface area contributed by atoms with E-state index >= 15 is 0 Å². The number of amides is 8. The molecule has 0 radical (unpaired) electrons. The molecule has 3 aromatic rings. The monoisotopic (exact) mass is 1660 g/mol. The second-order valence-electron chi connectivity index (χ2n) is 31.7. The van der Waals surface area contributed by atoms with E-state index in [9.17, 15) is 73.0 Å². The molecule has 0 spiro atoms. The van der Waals surface area contributed by atoms with Gasteiger partial charge in [0.05, 0.1) is 46.9 Å². The molecular weight excluding hydrogens is 1550 g/mol. The molecule has 2 fully saturated rings. The summed E-state index contributed by atoms with van der Waals surface area (Å²) in [6.07, 6.45) is -0.445. The van der Waals surface area contributed by atoms with Gasteiger partial charge in [0.15, 0.2) is 6.23 Å². The number of carboxylic acid groups (broad SMARTS) is 1. The van der Waals surface area contributed by atoms with E-state index in [1.807, 2.05) is 80.5 Å². The Balaban J connectivity index is 0.000000838. The van der Waals surface area contributed by atoms with Crippen molar-refractivity contribution in [1.82, 2.24) is 20.2 Å². The number of para-hydroxylation sites is 1. The molecule has 6 aliphatic rings. The molecule has 36 heteroatoms. The molecule has 114 heavy (non-hydrogen) atoms. The maximum absolute atomic E-state index is 14.4. The first-order chi connectivity index (χ1) is 52.4. The van der Waals surface area contributed by atoms with Crippen LogP contribution in [0.5, 0.6) is 5.75 Å². The van der Waals surface area contributed by atoms with Crippen molar-refractivity contribution in [3.05, 3.63) is 106 Å². The molecule has 1 aromatic heterocycles. The SMILES string of the molecule is C/C1=C2/[N-][C@H]([C@H](CC(N)=O)[C@@]2(C)CCC(=O)NC[C@H](C)OP(=O)([O-])O[C@H]2[C@@H](O)[C@@H](n3cnc4cc(C)c(C)cc43)O[C@@H]2CO)[C@]2(C)N=C(/C(C)=C3N=C(/C=C4N=C1[C@@H](CCC(N)=O)C\4(C)C)[C@@H](CCC(N)=O)[C@]\3(C)CC(N)=O)[C@@H](CCC(N)=O)[C@]2(C)CC(N)=O.O=C([O-])CCCCCCCNC(=O)c1ccccc1O.[C-]#N.[Co+3].[Na+]. The third-order valence-electron chi connectivity index (χ3n) is 23.5. The van der Waals surface area contributed by atoms with Gasteiger partial charge in [-0.15, -0.1) is 0 Å². The van der Waals surface area contributed by atoms with E-state index in [2.05, 4.69) is 15.6 Å². The number of ether oxygens (including phenoxy) is 1. The number of nitrogens with zero attached hydrogens (tertiary/aromatic N) is 7. The van der Waals surface area contributed by atoms with Crippen molar-refractivity contribution in [2.75, 3.05) is 19.7 Å². The van der Waals surface area contributed by atoms with Crippen LogP contribution in [0, 0.1) is 71.0 Å². The summed E-state index contributed by atoms with van der Waals surface area (Å²) in [6.45, 7) is 24.3. The third kappa shape index (κ3) is 21.8. The molecule has 6 aliphatic heterocycles. The van der Waals surface area contributed by atoms with Crippen molar-refractivity contribution in [1.29, 1.82) is 5.26 Å². The molecule has 9 rings (SSSR count). The van der Waals surface area contributed by atoms with Gasteiger partial charge < -0.3 is 111 Å². The number of benzene rings is 2. The Morgan fingerprint density at radius 1 is 0.754 bits per heavy atom. The number of aromatic nitrogens is 2. The molecule has 0 aliphatic carbocycles. The average Bonchev–Trinajstić information content (AvgIpc) is 1.52. The number of carbonyl (C=O) groups excluding carboxylic acids is 9. The summed E-state index contributed by atoms with van der Waals surface area (Å²) in [4.78, 5) is 150. The normalized spacial score (nSPS) is 28.8. The number of aliphatic carboxylic acids is 1. The Bertz CT molecular complexity index is 4390. The quantitative estimate of drug-likeness (QED) is 0.0172. The van der Waals surface area contributed by atoms with E-state index in [-0.39, 0.29) is 147 Å². The van der Waals surface area contributed by atoms with E-state index in [1.165, 1.54) is 23.9 Å². The van der Waals surface area contributed by atoms with Gasteiger partial charge in [-0.25, -0.2) is 4.98 Å². The van der Waals surface area contributed by atoms with Crippen molar-refractivity contribution >= 4 is 89.2 Å². The fourth-order valence-corrected chi connectivity index (χ4v) is 18.3. The third-order valence-corrected chi connectivity index (χ3v) is 24.6. The number of phenolic OH excluding ortho intramolecular Hbond substituents is 1. The molecular formula is C78H108CoN15NaO18P. The van der Waals surface area contributed by atoms with E-state index in [0.717, 1.165) is 36.8 Å². The molecule has 0 saturated carbocycles. The summed E-state index contributed by atoms with van der Waals surface area (Å²) in [6, 6.07) is 9.07. The van der Waals surface area contributed by atoms with Crippen LogP contribution in [0.3, 0.4) is 0 Å². The number of rotatable bonds is 35. The van der Waals surface area contributed by atoms with Crippen LogP contribution in [-0.2, 0) is 73.5 Å². The molecule has 1 unspecified atom stereocenters. The van der Waals surface area contributed by atoms with Crippen LogP contribution in [0.2, 0.25) is 0 Å². The molecule has 8 amide bonds. The smallest absolute Gasteiger partial charge is 0.756 e. The second-order valence-corrected chi connectivity index (χ2v) is 33.0. The minimum atomic E-state index is -5.32. The summed E-state index contributed by atoms with van der Waals surface area (Å²) < 4.78 is 31.9. The molecule has 7 heterocycles. The number of aromatic hydroxyl groups is 1. The van der Waals surface area contributed by atoms with Gasteiger partial charge in [-0.05, 0) is 150 Å².